The summed E-state index contributed by atoms with van der Waals surface area (Å²) in [5, 5.41) is 5.51. The maximum Gasteiger partial charge on any atom is 0.237 e. The lowest BCUT2D eigenvalue weighted by molar-refractivity contribution is -0.120. The van der Waals surface area contributed by atoms with Crippen molar-refractivity contribution in [2.45, 2.75) is 23.5 Å². The first-order chi connectivity index (χ1) is 9.10. The Morgan fingerprint density at radius 3 is 3.11 bits per heavy atom. The van der Waals surface area contributed by atoms with Crippen molar-refractivity contribution in [3.8, 4) is 0 Å². The topological polar surface area (TPSA) is 58.2 Å². The van der Waals surface area contributed by atoms with Crippen LogP contribution in [0, 0.1) is 0 Å². The fraction of sp³-hybridized carbons (Fsp3) is 0.286. The van der Waals surface area contributed by atoms with Gasteiger partial charge in [0.15, 0.2) is 0 Å². The molecule has 1 aliphatic heterocycles. The first-order valence-corrected chi connectivity index (χ1v) is 6.96. The maximum absolute atomic E-state index is 11.6. The van der Waals surface area contributed by atoms with E-state index in [9.17, 15) is 9.59 Å². The molecule has 0 spiro atoms. The van der Waals surface area contributed by atoms with E-state index in [1.165, 1.54) is 11.8 Å². The van der Waals surface area contributed by atoms with Crippen LogP contribution in [0.25, 0.3) is 0 Å². The van der Waals surface area contributed by atoms with Crippen LogP contribution in [-0.2, 0) is 16.0 Å². The van der Waals surface area contributed by atoms with Gasteiger partial charge in [0.2, 0.25) is 11.8 Å². The van der Waals surface area contributed by atoms with Gasteiger partial charge in [0.25, 0.3) is 0 Å². The highest BCUT2D eigenvalue weighted by molar-refractivity contribution is 8.00. The van der Waals surface area contributed by atoms with E-state index in [4.69, 9.17) is 0 Å². The van der Waals surface area contributed by atoms with E-state index < -0.39 is 0 Å². The average molecular weight is 276 g/mol. The zero-order valence-corrected chi connectivity index (χ0v) is 11.5. The molecular formula is C14H16N2O2S. The quantitative estimate of drug-likeness (QED) is 0.827. The van der Waals surface area contributed by atoms with Crippen molar-refractivity contribution in [2.24, 2.45) is 0 Å². The highest BCUT2D eigenvalue weighted by Crippen LogP contribution is 2.35. The summed E-state index contributed by atoms with van der Waals surface area (Å²) in [5.74, 6) is -0.0474. The van der Waals surface area contributed by atoms with Crippen LogP contribution in [0.15, 0.2) is 35.7 Å². The van der Waals surface area contributed by atoms with Crippen LogP contribution in [0.4, 0.5) is 5.69 Å². The van der Waals surface area contributed by atoms with E-state index in [0.717, 1.165) is 16.1 Å². The van der Waals surface area contributed by atoms with E-state index in [1.807, 2.05) is 25.1 Å². The standard InChI is InChI=1S/C14H16N2O2S/c1-3-6-15-13(17)8-10-4-5-12-11(7-10)16-14(18)9(2)19-12/h3-5,7,9H,1,6,8H2,2H3,(H,15,17)(H,16,18). The molecule has 0 radical (unpaired) electrons. The van der Waals surface area contributed by atoms with Gasteiger partial charge in [-0.1, -0.05) is 12.1 Å². The predicted molar refractivity (Wildman–Crippen MR) is 77.3 cm³/mol. The Labute approximate surface area is 116 Å². The molecule has 1 aromatic rings. The second-order valence-corrected chi connectivity index (χ2v) is 5.73. The molecule has 0 saturated heterocycles. The zero-order chi connectivity index (χ0) is 13.8. The number of carbonyl (C=O) groups is 2. The molecule has 2 rings (SSSR count). The Balaban J connectivity index is 2.09. The Hall–Kier alpha value is -1.75. The smallest absolute Gasteiger partial charge is 0.237 e. The van der Waals surface area contributed by atoms with Crippen LogP contribution < -0.4 is 10.6 Å². The number of benzene rings is 1. The summed E-state index contributed by atoms with van der Waals surface area (Å²) in [6, 6.07) is 5.73. The number of thioether (sulfide) groups is 1. The predicted octanol–water partition coefficient (Wildman–Crippen LogP) is 1.96. The summed E-state index contributed by atoms with van der Waals surface area (Å²) in [5.41, 5.74) is 1.68. The van der Waals surface area contributed by atoms with Crippen molar-refractivity contribution in [3.05, 3.63) is 36.4 Å². The molecule has 5 heteroatoms. The van der Waals surface area contributed by atoms with E-state index in [1.54, 1.807) is 6.08 Å². The molecule has 100 valence electrons. The van der Waals surface area contributed by atoms with Gasteiger partial charge < -0.3 is 10.6 Å². The molecule has 1 heterocycles. The third kappa shape index (κ3) is 3.38. The number of hydrogen-bond donors (Lipinski definition) is 2. The minimum Gasteiger partial charge on any atom is -0.352 e. The normalized spacial score (nSPS) is 17.3. The summed E-state index contributed by atoms with van der Waals surface area (Å²) in [6.07, 6.45) is 1.94. The van der Waals surface area contributed by atoms with Gasteiger partial charge in [-0.05, 0) is 24.6 Å². The van der Waals surface area contributed by atoms with Crippen molar-refractivity contribution in [1.29, 1.82) is 0 Å². The summed E-state index contributed by atoms with van der Waals surface area (Å²) in [7, 11) is 0. The second kappa shape index (κ2) is 5.93. The van der Waals surface area contributed by atoms with Crippen molar-refractivity contribution >= 4 is 29.3 Å². The van der Waals surface area contributed by atoms with E-state index >= 15 is 0 Å². The van der Waals surface area contributed by atoms with E-state index in [0.29, 0.717) is 13.0 Å². The van der Waals surface area contributed by atoms with Gasteiger partial charge in [0.1, 0.15) is 0 Å². The minimum absolute atomic E-state index is 0.00533. The van der Waals surface area contributed by atoms with Gasteiger partial charge in [-0.3, -0.25) is 9.59 Å². The van der Waals surface area contributed by atoms with Gasteiger partial charge in [-0.25, -0.2) is 0 Å². The lowest BCUT2D eigenvalue weighted by atomic mass is 10.1. The lowest BCUT2D eigenvalue weighted by Gasteiger charge is -2.21. The number of anilines is 1. The molecule has 19 heavy (non-hydrogen) atoms. The fourth-order valence-corrected chi connectivity index (χ4v) is 2.73. The highest BCUT2D eigenvalue weighted by Gasteiger charge is 2.23. The van der Waals surface area contributed by atoms with Crippen molar-refractivity contribution in [1.82, 2.24) is 5.32 Å². The zero-order valence-electron chi connectivity index (χ0n) is 10.7. The minimum atomic E-state index is -0.0748. The Bertz CT molecular complexity index is 528. The first kappa shape index (κ1) is 13.7. The molecule has 0 fully saturated rings. The largest absolute Gasteiger partial charge is 0.352 e. The lowest BCUT2D eigenvalue weighted by Crippen LogP contribution is -2.27. The monoisotopic (exact) mass is 276 g/mol. The van der Waals surface area contributed by atoms with Crippen LogP contribution in [0.3, 0.4) is 0 Å². The summed E-state index contributed by atoms with van der Waals surface area (Å²) >= 11 is 1.54. The van der Waals surface area contributed by atoms with Crippen LogP contribution in [0.5, 0.6) is 0 Å². The molecule has 0 saturated carbocycles. The van der Waals surface area contributed by atoms with E-state index in [-0.39, 0.29) is 17.1 Å². The third-order valence-electron chi connectivity index (χ3n) is 2.78. The summed E-state index contributed by atoms with van der Waals surface area (Å²) in [4.78, 5) is 24.3. The summed E-state index contributed by atoms with van der Waals surface area (Å²) < 4.78 is 0. The third-order valence-corrected chi connectivity index (χ3v) is 3.96. The molecule has 0 aliphatic carbocycles. The maximum atomic E-state index is 11.6. The van der Waals surface area contributed by atoms with Gasteiger partial charge in [0, 0.05) is 11.4 Å². The van der Waals surface area contributed by atoms with Gasteiger partial charge in [-0.15, -0.1) is 18.3 Å². The van der Waals surface area contributed by atoms with Crippen molar-refractivity contribution in [3.63, 3.8) is 0 Å². The summed E-state index contributed by atoms with van der Waals surface area (Å²) in [6.45, 7) is 5.89. The average Bonchev–Trinajstić information content (AvgIpc) is 2.38. The molecular weight excluding hydrogens is 260 g/mol. The second-order valence-electron chi connectivity index (χ2n) is 4.35. The highest BCUT2D eigenvalue weighted by atomic mass is 32.2. The molecule has 2 N–H and O–H groups in total. The van der Waals surface area contributed by atoms with Gasteiger partial charge in [-0.2, -0.15) is 0 Å². The van der Waals surface area contributed by atoms with Crippen molar-refractivity contribution in [2.75, 3.05) is 11.9 Å². The van der Waals surface area contributed by atoms with Gasteiger partial charge >= 0.3 is 0 Å². The molecule has 0 aromatic heterocycles. The Kier molecular flexibility index (Phi) is 4.27. The number of fused-ring (bicyclic) bond motifs is 1. The number of carbonyl (C=O) groups excluding carboxylic acids is 2. The first-order valence-electron chi connectivity index (χ1n) is 6.08. The molecule has 1 aliphatic rings. The van der Waals surface area contributed by atoms with E-state index in [2.05, 4.69) is 17.2 Å². The number of rotatable bonds is 4. The Morgan fingerprint density at radius 2 is 2.37 bits per heavy atom. The number of nitrogens with one attached hydrogen (secondary N) is 2. The molecule has 1 aromatic carbocycles. The Morgan fingerprint density at radius 1 is 1.58 bits per heavy atom. The van der Waals surface area contributed by atoms with Crippen LogP contribution in [0.2, 0.25) is 0 Å². The molecule has 2 amide bonds. The number of hydrogen-bond acceptors (Lipinski definition) is 3. The van der Waals surface area contributed by atoms with Crippen LogP contribution >= 0.6 is 11.8 Å². The molecule has 1 unspecified atom stereocenters. The molecule has 0 bridgehead atoms. The number of amides is 2. The molecule has 1 atom stereocenters. The van der Waals surface area contributed by atoms with Crippen LogP contribution in [-0.4, -0.2) is 23.6 Å². The van der Waals surface area contributed by atoms with Crippen LogP contribution in [0.1, 0.15) is 12.5 Å². The van der Waals surface area contributed by atoms with Gasteiger partial charge in [0.05, 0.1) is 17.4 Å². The molecule has 4 nitrogen and oxygen atoms in total. The SMILES string of the molecule is C=CCNC(=O)Cc1ccc2c(c1)NC(=O)C(C)S2. The fourth-order valence-electron chi connectivity index (χ4n) is 1.80. The van der Waals surface area contributed by atoms with Crippen molar-refractivity contribution < 1.29 is 9.59 Å².